The lowest BCUT2D eigenvalue weighted by Gasteiger charge is -2.32. The molecule has 0 aromatic heterocycles. The highest BCUT2D eigenvalue weighted by Crippen LogP contribution is 2.28. The van der Waals surface area contributed by atoms with Gasteiger partial charge in [-0.1, -0.05) is 91.0 Å². The van der Waals surface area contributed by atoms with Crippen molar-refractivity contribution < 1.29 is 9.84 Å². The highest BCUT2D eigenvalue weighted by molar-refractivity contribution is 5.29. The SMILES string of the molecule is O[C@@H](CCN1CCC(CCOC(c2ccccc2)c2ccccc2)CC1)c1ccccc1. The van der Waals surface area contributed by atoms with Crippen molar-refractivity contribution >= 4 is 0 Å². The molecule has 0 saturated carbocycles. The first-order valence-electron chi connectivity index (χ1n) is 12.0. The minimum Gasteiger partial charge on any atom is -0.388 e. The van der Waals surface area contributed by atoms with E-state index in [2.05, 4.69) is 65.6 Å². The summed E-state index contributed by atoms with van der Waals surface area (Å²) >= 11 is 0. The van der Waals surface area contributed by atoms with Gasteiger partial charge in [0.2, 0.25) is 0 Å². The van der Waals surface area contributed by atoms with E-state index in [4.69, 9.17) is 4.74 Å². The van der Waals surface area contributed by atoms with E-state index in [1.165, 1.54) is 24.0 Å². The van der Waals surface area contributed by atoms with E-state index < -0.39 is 0 Å². The molecule has 0 radical (unpaired) electrons. The summed E-state index contributed by atoms with van der Waals surface area (Å²) in [4.78, 5) is 2.50. The maximum Gasteiger partial charge on any atom is 0.108 e. The van der Waals surface area contributed by atoms with Gasteiger partial charge in [-0.3, -0.25) is 0 Å². The maximum atomic E-state index is 10.4. The van der Waals surface area contributed by atoms with E-state index in [9.17, 15) is 5.11 Å². The number of ether oxygens (including phenoxy) is 1. The lowest BCUT2D eigenvalue weighted by atomic mass is 9.93. The van der Waals surface area contributed by atoms with Crippen molar-refractivity contribution in [2.45, 2.75) is 37.9 Å². The Morgan fingerprint density at radius 1 is 0.750 bits per heavy atom. The van der Waals surface area contributed by atoms with E-state index in [0.29, 0.717) is 0 Å². The van der Waals surface area contributed by atoms with E-state index in [1.54, 1.807) is 0 Å². The lowest BCUT2D eigenvalue weighted by Crippen LogP contribution is -2.35. The molecule has 3 nitrogen and oxygen atoms in total. The van der Waals surface area contributed by atoms with Gasteiger partial charge in [0.25, 0.3) is 0 Å². The average molecular weight is 430 g/mol. The number of nitrogens with zero attached hydrogens (tertiary/aromatic N) is 1. The third kappa shape index (κ3) is 6.52. The molecule has 0 spiro atoms. The van der Waals surface area contributed by atoms with Crippen LogP contribution in [0.15, 0.2) is 91.0 Å². The van der Waals surface area contributed by atoms with Crippen LogP contribution >= 0.6 is 0 Å². The van der Waals surface area contributed by atoms with E-state index in [0.717, 1.165) is 50.6 Å². The molecule has 1 atom stereocenters. The molecule has 168 valence electrons. The molecule has 32 heavy (non-hydrogen) atoms. The fourth-order valence-electron chi connectivity index (χ4n) is 4.64. The molecule has 0 bridgehead atoms. The molecule has 1 heterocycles. The summed E-state index contributed by atoms with van der Waals surface area (Å²) in [5, 5.41) is 10.4. The number of aliphatic hydroxyl groups excluding tert-OH is 1. The fourth-order valence-corrected chi connectivity index (χ4v) is 4.64. The quantitative estimate of drug-likeness (QED) is 0.428. The summed E-state index contributed by atoms with van der Waals surface area (Å²) < 4.78 is 6.43. The number of piperidine rings is 1. The predicted octanol–water partition coefficient (Wildman–Crippen LogP) is 6.02. The number of benzene rings is 3. The molecule has 0 unspecified atom stereocenters. The zero-order valence-electron chi connectivity index (χ0n) is 18.9. The van der Waals surface area contributed by atoms with Gasteiger partial charge in [-0.25, -0.2) is 0 Å². The molecular formula is C29H35NO2. The van der Waals surface area contributed by atoms with Crippen LogP contribution in [0.4, 0.5) is 0 Å². The van der Waals surface area contributed by atoms with Gasteiger partial charge in [-0.15, -0.1) is 0 Å². The number of likely N-dealkylation sites (tertiary alicyclic amines) is 1. The first-order valence-corrected chi connectivity index (χ1v) is 12.0. The summed E-state index contributed by atoms with van der Waals surface area (Å²) in [6.07, 6.45) is 3.97. The molecule has 1 fully saturated rings. The Morgan fingerprint density at radius 3 is 1.78 bits per heavy atom. The van der Waals surface area contributed by atoms with Crippen LogP contribution in [0.3, 0.4) is 0 Å². The molecule has 1 aliphatic heterocycles. The van der Waals surface area contributed by atoms with Crippen LogP contribution in [0.5, 0.6) is 0 Å². The average Bonchev–Trinajstić information content (AvgIpc) is 2.87. The Balaban J connectivity index is 1.20. The zero-order chi connectivity index (χ0) is 22.0. The zero-order valence-corrected chi connectivity index (χ0v) is 18.9. The number of hydrogen-bond acceptors (Lipinski definition) is 3. The Morgan fingerprint density at radius 2 is 1.25 bits per heavy atom. The normalized spacial score (nSPS) is 16.3. The third-order valence-electron chi connectivity index (χ3n) is 6.63. The molecule has 3 aromatic rings. The maximum absolute atomic E-state index is 10.4. The Labute approximate surface area is 192 Å². The van der Waals surface area contributed by atoms with Crippen LogP contribution in [0.2, 0.25) is 0 Å². The standard InChI is InChI=1S/C29H35NO2/c31-28(25-10-4-1-5-11-25)18-22-30-20-16-24(17-21-30)19-23-32-29(26-12-6-2-7-13-26)27-14-8-3-9-15-27/h1-15,24,28-29,31H,16-23H2/t28-/m0/s1. The van der Waals surface area contributed by atoms with Crippen molar-refractivity contribution in [3.63, 3.8) is 0 Å². The molecular weight excluding hydrogens is 394 g/mol. The Hall–Kier alpha value is -2.46. The van der Waals surface area contributed by atoms with Gasteiger partial charge in [0.15, 0.2) is 0 Å². The molecule has 3 heteroatoms. The summed E-state index contributed by atoms with van der Waals surface area (Å²) in [5.41, 5.74) is 3.45. The largest absolute Gasteiger partial charge is 0.388 e. The summed E-state index contributed by atoms with van der Waals surface area (Å²) in [7, 11) is 0. The van der Waals surface area contributed by atoms with Crippen LogP contribution < -0.4 is 0 Å². The number of rotatable bonds is 10. The van der Waals surface area contributed by atoms with Crippen LogP contribution in [0.1, 0.15) is 54.6 Å². The first-order chi connectivity index (χ1) is 15.8. The van der Waals surface area contributed by atoms with Gasteiger partial charge >= 0.3 is 0 Å². The summed E-state index contributed by atoms with van der Waals surface area (Å²) in [5.74, 6) is 0.720. The van der Waals surface area contributed by atoms with Gasteiger partial charge < -0.3 is 14.7 Å². The van der Waals surface area contributed by atoms with Gasteiger partial charge in [0.1, 0.15) is 6.10 Å². The Kier molecular flexibility index (Phi) is 8.49. The van der Waals surface area contributed by atoms with Crippen LogP contribution in [-0.2, 0) is 4.74 Å². The molecule has 4 rings (SSSR count). The lowest BCUT2D eigenvalue weighted by molar-refractivity contribution is 0.0584. The summed E-state index contributed by atoms with van der Waals surface area (Å²) in [6, 6.07) is 31.0. The molecule has 3 aromatic carbocycles. The van der Waals surface area contributed by atoms with E-state index >= 15 is 0 Å². The van der Waals surface area contributed by atoms with Gasteiger partial charge in [0, 0.05) is 13.2 Å². The first kappa shape index (κ1) is 22.7. The summed E-state index contributed by atoms with van der Waals surface area (Å²) in [6.45, 7) is 3.98. The molecule has 1 aliphatic rings. The predicted molar refractivity (Wildman–Crippen MR) is 130 cm³/mol. The van der Waals surface area contributed by atoms with E-state index in [1.807, 2.05) is 30.3 Å². The van der Waals surface area contributed by atoms with Crippen molar-refractivity contribution in [3.8, 4) is 0 Å². The monoisotopic (exact) mass is 429 g/mol. The third-order valence-corrected chi connectivity index (χ3v) is 6.63. The van der Waals surface area contributed by atoms with Crippen LogP contribution in [0.25, 0.3) is 0 Å². The highest BCUT2D eigenvalue weighted by Gasteiger charge is 2.21. The van der Waals surface area contributed by atoms with Crippen LogP contribution in [0, 0.1) is 5.92 Å². The minimum absolute atomic E-state index is 0.00281. The second-order valence-electron chi connectivity index (χ2n) is 8.86. The van der Waals surface area contributed by atoms with Crippen molar-refractivity contribution in [1.29, 1.82) is 0 Å². The van der Waals surface area contributed by atoms with E-state index in [-0.39, 0.29) is 12.2 Å². The molecule has 1 saturated heterocycles. The van der Waals surface area contributed by atoms with Crippen molar-refractivity contribution in [1.82, 2.24) is 4.90 Å². The molecule has 0 aliphatic carbocycles. The van der Waals surface area contributed by atoms with Gasteiger partial charge in [0.05, 0.1) is 6.10 Å². The Bertz CT molecular complexity index is 853. The molecule has 1 N–H and O–H groups in total. The topological polar surface area (TPSA) is 32.7 Å². The number of hydrogen-bond donors (Lipinski definition) is 1. The highest BCUT2D eigenvalue weighted by atomic mass is 16.5. The van der Waals surface area contributed by atoms with Crippen LogP contribution in [-0.4, -0.2) is 36.2 Å². The smallest absolute Gasteiger partial charge is 0.108 e. The second-order valence-corrected chi connectivity index (χ2v) is 8.86. The minimum atomic E-state index is -0.366. The van der Waals surface area contributed by atoms with Crippen molar-refractivity contribution in [2.75, 3.05) is 26.2 Å². The van der Waals surface area contributed by atoms with Crippen molar-refractivity contribution in [2.24, 2.45) is 5.92 Å². The second kappa shape index (κ2) is 12.0. The van der Waals surface area contributed by atoms with Gasteiger partial charge in [-0.2, -0.15) is 0 Å². The van der Waals surface area contributed by atoms with Gasteiger partial charge in [-0.05, 0) is 61.4 Å². The fraction of sp³-hybridized carbons (Fsp3) is 0.379. The van der Waals surface area contributed by atoms with Crippen molar-refractivity contribution in [3.05, 3.63) is 108 Å². The molecule has 0 amide bonds. The number of aliphatic hydroxyl groups is 1.